The van der Waals surface area contributed by atoms with Gasteiger partial charge >= 0.3 is 0 Å². The van der Waals surface area contributed by atoms with Gasteiger partial charge in [-0.15, -0.1) is 0 Å². The molecule has 4 aromatic rings. The van der Waals surface area contributed by atoms with Crippen molar-refractivity contribution in [2.75, 3.05) is 0 Å². The summed E-state index contributed by atoms with van der Waals surface area (Å²) >= 11 is 0. The highest BCUT2D eigenvalue weighted by Crippen LogP contribution is 2.37. The first-order valence-electron chi connectivity index (χ1n) is 8.47. The Morgan fingerprint density at radius 2 is 2.21 bits per heavy atom. The number of hydrogen-bond acceptors (Lipinski definition) is 6. The van der Waals surface area contributed by atoms with Crippen LogP contribution in [-0.4, -0.2) is 20.2 Å². The molecule has 0 saturated carbocycles. The number of aromatic nitrogens is 4. The van der Waals surface area contributed by atoms with Gasteiger partial charge in [0.2, 0.25) is 5.95 Å². The molecular weight excluding hydrogens is 368 g/mol. The summed E-state index contributed by atoms with van der Waals surface area (Å²) in [5.74, 6) is -0.968. The summed E-state index contributed by atoms with van der Waals surface area (Å²) < 4.78 is 39.5. The summed E-state index contributed by atoms with van der Waals surface area (Å²) in [6, 6.07) is 6.81. The van der Waals surface area contributed by atoms with Gasteiger partial charge in [-0.1, -0.05) is 0 Å². The van der Waals surface area contributed by atoms with Crippen LogP contribution in [0.25, 0.3) is 22.4 Å². The molecule has 3 heterocycles. The fraction of sp³-hybridized carbons (Fsp3) is 0.158. The van der Waals surface area contributed by atoms with Crippen molar-refractivity contribution in [2.45, 2.75) is 18.9 Å². The molecule has 1 atom stereocenters. The Bertz CT molecular complexity index is 1240. The Morgan fingerprint density at radius 3 is 3.00 bits per heavy atom. The van der Waals surface area contributed by atoms with Crippen LogP contribution in [-0.2, 0) is 6.42 Å². The number of nitrogens with zero attached hydrogens (tertiary/aromatic N) is 4. The van der Waals surface area contributed by atoms with Gasteiger partial charge in [0.05, 0.1) is 17.4 Å². The minimum Gasteiger partial charge on any atom is -0.484 e. The monoisotopic (exact) mass is 379 g/mol. The maximum absolute atomic E-state index is 14.3. The van der Waals surface area contributed by atoms with Gasteiger partial charge in [0.1, 0.15) is 29.2 Å². The number of hydrogen-bond donors (Lipinski definition) is 1. The zero-order valence-corrected chi connectivity index (χ0v) is 14.2. The molecule has 138 valence electrons. The van der Waals surface area contributed by atoms with Crippen LogP contribution in [0.2, 0.25) is 0 Å². The molecule has 5 rings (SSSR count). The lowest BCUT2D eigenvalue weighted by Crippen LogP contribution is -2.09. The normalized spacial score (nSPS) is 15.5. The number of ether oxygens (including phenoxy) is 1. The molecule has 0 saturated heterocycles. The molecule has 1 aromatic carbocycles. The van der Waals surface area contributed by atoms with E-state index in [9.17, 15) is 8.78 Å². The van der Waals surface area contributed by atoms with E-state index in [1.165, 1.54) is 12.5 Å². The number of benzene rings is 1. The standard InChI is InChI=1S/C19H11F2N5O2/c20-16-10-2-4-14(17(10)24-19(21)12(16)6-22)28-9-1-3-13-11(5-9)18(26-25-13)15-7-23-8-27-15/h1,3,5,7-8,14H,2,4H2,(H,25,26)/t14-/m0/s1. The first-order valence-corrected chi connectivity index (χ1v) is 8.47. The third-order valence-corrected chi connectivity index (χ3v) is 4.77. The molecule has 0 bridgehead atoms. The van der Waals surface area contributed by atoms with Crippen LogP contribution in [0, 0.1) is 23.1 Å². The van der Waals surface area contributed by atoms with Gasteiger partial charge in [0.25, 0.3) is 0 Å². The van der Waals surface area contributed by atoms with Crippen LogP contribution in [0.4, 0.5) is 8.78 Å². The highest BCUT2D eigenvalue weighted by molar-refractivity contribution is 5.92. The predicted octanol–water partition coefficient (Wildman–Crippen LogP) is 3.83. The third kappa shape index (κ3) is 2.42. The van der Waals surface area contributed by atoms with E-state index in [1.807, 2.05) is 0 Å². The molecular formula is C19H11F2N5O2. The predicted molar refractivity (Wildman–Crippen MR) is 92.1 cm³/mol. The van der Waals surface area contributed by atoms with Gasteiger partial charge in [-0.25, -0.2) is 14.4 Å². The van der Waals surface area contributed by atoms with Crippen LogP contribution < -0.4 is 4.74 Å². The first kappa shape index (κ1) is 16.4. The Balaban J connectivity index is 1.51. The summed E-state index contributed by atoms with van der Waals surface area (Å²) in [4.78, 5) is 7.67. The molecule has 0 amide bonds. The van der Waals surface area contributed by atoms with Gasteiger partial charge in [-0.2, -0.15) is 14.8 Å². The maximum atomic E-state index is 14.3. The molecule has 0 fully saturated rings. The Labute approximate surface area is 156 Å². The van der Waals surface area contributed by atoms with Crippen LogP contribution in [0.3, 0.4) is 0 Å². The van der Waals surface area contributed by atoms with E-state index in [1.54, 1.807) is 24.4 Å². The summed E-state index contributed by atoms with van der Waals surface area (Å²) in [5.41, 5.74) is 1.13. The van der Waals surface area contributed by atoms with Crippen molar-refractivity contribution >= 4 is 10.9 Å². The van der Waals surface area contributed by atoms with Gasteiger partial charge in [-0.05, 0) is 31.0 Å². The zero-order chi connectivity index (χ0) is 19.3. The molecule has 3 aromatic heterocycles. The van der Waals surface area contributed by atoms with Crippen molar-refractivity contribution in [3.05, 3.63) is 59.4 Å². The third-order valence-electron chi connectivity index (χ3n) is 4.77. The van der Waals surface area contributed by atoms with E-state index in [4.69, 9.17) is 14.4 Å². The summed E-state index contributed by atoms with van der Waals surface area (Å²) in [5, 5.41) is 16.8. The number of nitrogens with one attached hydrogen (secondary N) is 1. The molecule has 0 unspecified atom stereocenters. The van der Waals surface area contributed by atoms with Gasteiger partial charge in [-0.3, -0.25) is 5.10 Å². The quantitative estimate of drug-likeness (QED) is 0.543. The topological polar surface area (TPSA) is 101 Å². The van der Waals surface area contributed by atoms with Crippen molar-refractivity contribution < 1.29 is 17.9 Å². The molecule has 1 aliphatic carbocycles. The molecule has 7 nitrogen and oxygen atoms in total. The highest BCUT2D eigenvalue weighted by atomic mass is 19.1. The van der Waals surface area contributed by atoms with E-state index in [0.29, 0.717) is 30.0 Å². The lowest BCUT2D eigenvalue weighted by Gasteiger charge is -2.14. The van der Waals surface area contributed by atoms with Crippen LogP contribution in [0.5, 0.6) is 5.75 Å². The number of halogens is 2. The second-order valence-electron chi connectivity index (χ2n) is 6.36. The molecule has 1 aliphatic rings. The van der Waals surface area contributed by atoms with Crippen LogP contribution in [0.15, 0.2) is 35.2 Å². The molecule has 0 spiro atoms. The van der Waals surface area contributed by atoms with E-state index >= 15 is 0 Å². The second-order valence-corrected chi connectivity index (χ2v) is 6.36. The Morgan fingerprint density at radius 1 is 1.32 bits per heavy atom. The van der Waals surface area contributed by atoms with Gasteiger partial charge in [0, 0.05) is 10.9 Å². The fourth-order valence-electron chi connectivity index (χ4n) is 3.46. The lowest BCUT2D eigenvalue weighted by molar-refractivity contribution is 0.202. The zero-order valence-electron chi connectivity index (χ0n) is 14.2. The molecule has 28 heavy (non-hydrogen) atoms. The average Bonchev–Trinajstić information content (AvgIpc) is 3.42. The summed E-state index contributed by atoms with van der Waals surface area (Å²) in [6.45, 7) is 0. The number of fused-ring (bicyclic) bond motifs is 2. The van der Waals surface area contributed by atoms with Crippen molar-refractivity contribution in [1.29, 1.82) is 5.26 Å². The van der Waals surface area contributed by atoms with E-state index in [0.717, 1.165) is 10.9 Å². The SMILES string of the molecule is N#Cc1c(F)nc2c(c1F)CC[C@@H]2Oc1ccc2[nH]nc(-c3cnco3)c2c1. The van der Waals surface area contributed by atoms with Crippen LogP contribution in [0.1, 0.15) is 29.3 Å². The largest absolute Gasteiger partial charge is 0.484 e. The maximum Gasteiger partial charge on any atom is 0.234 e. The smallest absolute Gasteiger partial charge is 0.234 e. The second kappa shape index (κ2) is 6.13. The molecule has 9 heteroatoms. The number of aromatic amines is 1. The number of pyridine rings is 1. The molecule has 0 aliphatic heterocycles. The number of nitriles is 1. The number of H-pyrrole nitrogens is 1. The van der Waals surface area contributed by atoms with Crippen molar-refractivity contribution in [3.63, 3.8) is 0 Å². The van der Waals surface area contributed by atoms with Gasteiger partial charge < -0.3 is 9.15 Å². The number of oxazole rings is 1. The molecule has 1 N–H and O–H groups in total. The summed E-state index contributed by atoms with van der Waals surface area (Å²) in [7, 11) is 0. The minimum atomic E-state index is -1.12. The van der Waals surface area contributed by atoms with E-state index < -0.39 is 23.4 Å². The van der Waals surface area contributed by atoms with E-state index in [-0.39, 0.29) is 11.3 Å². The van der Waals surface area contributed by atoms with E-state index in [2.05, 4.69) is 20.2 Å². The fourth-order valence-corrected chi connectivity index (χ4v) is 3.46. The van der Waals surface area contributed by atoms with Gasteiger partial charge in [0.15, 0.2) is 18.0 Å². The number of rotatable bonds is 3. The summed E-state index contributed by atoms with van der Waals surface area (Å²) in [6.07, 6.45) is 3.02. The minimum absolute atomic E-state index is 0.191. The Hall–Kier alpha value is -3.80. The lowest BCUT2D eigenvalue weighted by atomic mass is 10.1. The Kier molecular flexibility index (Phi) is 3.58. The van der Waals surface area contributed by atoms with Crippen molar-refractivity contribution in [2.24, 2.45) is 0 Å². The van der Waals surface area contributed by atoms with Crippen molar-refractivity contribution in [1.82, 2.24) is 20.2 Å². The average molecular weight is 379 g/mol. The van der Waals surface area contributed by atoms with Crippen molar-refractivity contribution in [3.8, 4) is 23.3 Å². The highest BCUT2D eigenvalue weighted by Gasteiger charge is 2.32. The van der Waals surface area contributed by atoms with Crippen LogP contribution >= 0.6 is 0 Å². The molecule has 0 radical (unpaired) electrons. The first-order chi connectivity index (χ1) is 13.7.